The first-order valence-electron chi connectivity index (χ1n) is 11.1. The molecule has 2 aromatic carbocycles. The number of ether oxygens (including phenoxy) is 2. The third kappa shape index (κ3) is 3.81. The van der Waals surface area contributed by atoms with Gasteiger partial charge in [0.2, 0.25) is 5.91 Å². The average Bonchev–Trinajstić information content (AvgIpc) is 3.25. The Balaban J connectivity index is 1.38. The van der Waals surface area contributed by atoms with E-state index in [-0.39, 0.29) is 18.4 Å². The fourth-order valence-corrected chi connectivity index (χ4v) is 5.45. The molecule has 3 saturated heterocycles. The van der Waals surface area contributed by atoms with Crippen molar-refractivity contribution in [2.24, 2.45) is 0 Å². The van der Waals surface area contributed by atoms with Crippen molar-refractivity contribution in [2.45, 2.75) is 30.3 Å². The molecule has 0 N–H and O–H groups in total. The first-order valence-corrected chi connectivity index (χ1v) is 11.5. The number of likely N-dealkylation sites (tertiary alicyclic amines) is 1. The molecule has 1 atom stereocenters. The molecule has 3 fully saturated rings. The fourth-order valence-electron chi connectivity index (χ4n) is 5.26. The van der Waals surface area contributed by atoms with Crippen LogP contribution in [-0.4, -0.2) is 61.8 Å². The highest BCUT2D eigenvalue weighted by Crippen LogP contribution is 2.40. The van der Waals surface area contributed by atoms with E-state index in [9.17, 15) is 9.59 Å². The molecule has 3 aliphatic rings. The Morgan fingerprint density at radius 3 is 2.50 bits per heavy atom. The third-order valence-corrected chi connectivity index (χ3v) is 7.29. The van der Waals surface area contributed by atoms with Crippen molar-refractivity contribution in [3.8, 4) is 0 Å². The Labute approximate surface area is 193 Å². The Morgan fingerprint density at radius 2 is 1.75 bits per heavy atom. The molecule has 3 heterocycles. The first kappa shape index (κ1) is 21.4. The molecule has 32 heavy (non-hydrogen) atoms. The van der Waals surface area contributed by atoms with E-state index in [0.29, 0.717) is 57.1 Å². The van der Waals surface area contributed by atoms with E-state index in [1.807, 2.05) is 47.4 Å². The number of hydrogen-bond donors (Lipinski definition) is 0. The predicted octanol–water partition coefficient (Wildman–Crippen LogP) is 3.42. The quantitative estimate of drug-likeness (QED) is 0.713. The number of anilines is 1. The summed E-state index contributed by atoms with van der Waals surface area (Å²) in [6.07, 6.45) is 2.05. The van der Waals surface area contributed by atoms with E-state index in [2.05, 4.69) is 0 Å². The largest absolute Gasteiger partial charge is 0.381 e. The van der Waals surface area contributed by atoms with Crippen LogP contribution in [0.4, 0.5) is 5.69 Å². The molecule has 0 aromatic heterocycles. The molecular weight excluding hydrogens is 428 g/mol. The van der Waals surface area contributed by atoms with Gasteiger partial charge in [0.15, 0.2) is 0 Å². The van der Waals surface area contributed by atoms with Crippen LogP contribution in [0.15, 0.2) is 54.6 Å². The Morgan fingerprint density at radius 1 is 0.969 bits per heavy atom. The molecule has 5 rings (SSSR count). The molecule has 6 nitrogen and oxygen atoms in total. The zero-order chi connectivity index (χ0) is 22.2. The second-order valence-corrected chi connectivity index (χ2v) is 9.41. The van der Waals surface area contributed by atoms with Crippen molar-refractivity contribution in [1.82, 2.24) is 4.90 Å². The lowest BCUT2D eigenvalue weighted by molar-refractivity contribution is -0.144. The molecule has 2 aromatic rings. The Hall–Kier alpha value is -2.41. The topological polar surface area (TPSA) is 59.1 Å². The maximum Gasteiger partial charge on any atom is 0.253 e. The smallest absolute Gasteiger partial charge is 0.253 e. The Bertz CT molecular complexity index is 1010. The van der Waals surface area contributed by atoms with Crippen LogP contribution in [-0.2, 0) is 24.5 Å². The minimum absolute atomic E-state index is 0.00616. The number of hydrogen-bond acceptors (Lipinski definition) is 4. The monoisotopic (exact) mass is 454 g/mol. The van der Waals surface area contributed by atoms with Gasteiger partial charge in [-0.1, -0.05) is 48.0 Å². The fraction of sp³-hybridized carbons (Fsp3) is 0.440. The van der Waals surface area contributed by atoms with Crippen molar-refractivity contribution in [1.29, 1.82) is 0 Å². The second-order valence-electron chi connectivity index (χ2n) is 8.97. The van der Waals surface area contributed by atoms with E-state index >= 15 is 0 Å². The van der Waals surface area contributed by atoms with E-state index < -0.39 is 11.0 Å². The molecule has 1 unspecified atom stereocenters. The summed E-state index contributed by atoms with van der Waals surface area (Å²) in [6.45, 7) is 2.67. The zero-order valence-corrected chi connectivity index (χ0v) is 18.7. The lowest BCUT2D eigenvalue weighted by Gasteiger charge is -2.42. The van der Waals surface area contributed by atoms with E-state index in [0.717, 1.165) is 11.3 Å². The van der Waals surface area contributed by atoms with Crippen molar-refractivity contribution in [3.05, 3.63) is 65.2 Å². The summed E-state index contributed by atoms with van der Waals surface area (Å²) in [4.78, 5) is 30.2. The summed E-state index contributed by atoms with van der Waals surface area (Å²) in [6, 6.07) is 17.4. The van der Waals surface area contributed by atoms with E-state index in [1.54, 1.807) is 17.0 Å². The van der Waals surface area contributed by atoms with E-state index in [4.69, 9.17) is 21.1 Å². The summed E-state index contributed by atoms with van der Waals surface area (Å²) in [7, 11) is 0. The number of nitrogens with zero attached hydrogens (tertiary/aromatic N) is 2. The number of morpholine rings is 1. The van der Waals surface area contributed by atoms with Gasteiger partial charge in [-0.25, -0.2) is 0 Å². The molecule has 168 valence electrons. The van der Waals surface area contributed by atoms with Gasteiger partial charge in [0, 0.05) is 30.5 Å². The molecule has 0 radical (unpaired) electrons. The molecule has 1 spiro atoms. The summed E-state index contributed by atoms with van der Waals surface area (Å²) in [5.74, 6) is 0.0477. The molecule has 0 saturated carbocycles. The van der Waals surface area contributed by atoms with Crippen molar-refractivity contribution < 1.29 is 19.1 Å². The van der Waals surface area contributed by atoms with Crippen LogP contribution in [0.1, 0.15) is 24.8 Å². The molecule has 7 heteroatoms. The summed E-state index contributed by atoms with van der Waals surface area (Å²) in [5, 5.41) is 0.586. The van der Waals surface area contributed by atoms with Gasteiger partial charge < -0.3 is 19.3 Å². The van der Waals surface area contributed by atoms with Crippen LogP contribution < -0.4 is 4.90 Å². The van der Waals surface area contributed by atoms with Gasteiger partial charge in [0.1, 0.15) is 12.2 Å². The number of benzene rings is 2. The Kier molecular flexibility index (Phi) is 5.70. The van der Waals surface area contributed by atoms with Crippen molar-refractivity contribution in [2.75, 3.05) is 44.4 Å². The van der Waals surface area contributed by atoms with E-state index in [1.165, 1.54) is 0 Å². The van der Waals surface area contributed by atoms with Gasteiger partial charge >= 0.3 is 0 Å². The van der Waals surface area contributed by atoms with Crippen LogP contribution in [0.25, 0.3) is 0 Å². The molecule has 0 bridgehead atoms. The average molecular weight is 455 g/mol. The molecule has 0 aliphatic carbocycles. The zero-order valence-electron chi connectivity index (χ0n) is 18.0. The van der Waals surface area contributed by atoms with Crippen LogP contribution in [0.3, 0.4) is 0 Å². The highest BCUT2D eigenvalue weighted by atomic mass is 35.5. The number of rotatable bonds is 3. The van der Waals surface area contributed by atoms with Gasteiger partial charge in [-0.2, -0.15) is 0 Å². The van der Waals surface area contributed by atoms with Gasteiger partial charge in [-0.3, -0.25) is 9.59 Å². The number of carbonyl (C=O) groups excluding carboxylic acids is 2. The summed E-state index contributed by atoms with van der Waals surface area (Å²) < 4.78 is 11.7. The number of halogens is 1. The van der Waals surface area contributed by atoms with Crippen LogP contribution in [0.5, 0.6) is 0 Å². The number of carbonyl (C=O) groups is 2. The minimum atomic E-state index is -0.567. The normalized spacial score (nSPS) is 25.3. The van der Waals surface area contributed by atoms with Crippen LogP contribution >= 0.6 is 11.6 Å². The minimum Gasteiger partial charge on any atom is -0.381 e. The molecular formula is C25H27ClN2O4. The predicted molar refractivity (Wildman–Crippen MR) is 122 cm³/mol. The molecule has 2 amide bonds. The lowest BCUT2D eigenvalue weighted by Crippen LogP contribution is -2.57. The summed E-state index contributed by atoms with van der Waals surface area (Å²) in [5.41, 5.74) is 0.687. The van der Waals surface area contributed by atoms with Gasteiger partial charge in [-0.05, 0) is 43.0 Å². The summed E-state index contributed by atoms with van der Waals surface area (Å²) >= 11 is 6.15. The molecule has 3 aliphatic heterocycles. The van der Waals surface area contributed by atoms with Crippen molar-refractivity contribution >= 4 is 29.1 Å². The van der Waals surface area contributed by atoms with Gasteiger partial charge in [-0.15, -0.1) is 0 Å². The third-order valence-electron chi connectivity index (χ3n) is 7.05. The second kappa shape index (κ2) is 8.50. The standard InChI is InChI=1S/C25H27ClN2O4/c26-20-7-4-8-21(15-20)28-18-24(32-16-22(28)29)9-12-27(17-24)23(30)25(10-13-31-14-11-25)19-5-2-1-3-6-19/h1-8,15H,9-14,16-18H2. The van der Waals surface area contributed by atoms with Crippen LogP contribution in [0.2, 0.25) is 5.02 Å². The van der Waals surface area contributed by atoms with Gasteiger partial charge in [0.25, 0.3) is 5.91 Å². The first-order chi connectivity index (χ1) is 15.5. The SMILES string of the molecule is O=C1COC2(CCN(C(=O)C3(c4ccccc4)CCOCC3)C2)CN1c1cccc(Cl)c1. The lowest BCUT2D eigenvalue weighted by atomic mass is 9.73. The highest BCUT2D eigenvalue weighted by Gasteiger charge is 2.51. The van der Waals surface area contributed by atoms with Crippen LogP contribution in [0, 0.1) is 0 Å². The highest BCUT2D eigenvalue weighted by molar-refractivity contribution is 6.30. The van der Waals surface area contributed by atoms with Gasteiger partial charge in [0.05, 0.1) is 18.5 Å². The van der Waals surface area contributed by atoms with Crippen molar-refractivity contribution in [3.63, 3.8) is 0 Å². The number of amides is 2. The maximum absolute atomic E-state index is 13.9. The maximum atomic E-state index is 13.9.